The maximum absolute atomic E-state index is 11.0. The molecule has 2 heterocycles. The van der Waals surface area contributed by atoms with E-state index in [0.717, 1.165) is 0 Å². The van der Waals surface area contributed by atoms with Crippen LogP contribution >= 0.6 is 0 Å². The lowest BCUT2D eigenvalue weighted by Crippen LogP contribution is -1.96. The molecule has 0 unspecified atom stereocenters. The number of anilines is 1. The fourth-order valence-electron chi connectivity index (χ4n) is 1.89. The number of nitro groups is 1. The third kappa shape index (κ3) is 2.41. The first kappa shape index (κ1) is 12.7. The Kier molecular flexibility index (Phi) is 3.03. The molecule has 2 N–H and O–H groups in total. The standard InChI is InChI=1S/C13H9N5O3/c14-11-6-15-7-12(17-11)21-10-4-3-9(18(19)20)13-8(10)2-1-5-16-13/h1-7H,(H2,14,17). The summed E-state index contributed by atoms with van der Waals surface area (Å²) >= 11 is 0. The Morgan fingerprint density at radius 3 is 2.86 bits per heavy atom. The van der Waals surface area contributed by atoms with Gasteiger partial charge in [0.15, 0.2) is 5.52 Å². The molecule has 0 spiro atoms. The highest BCUT2D eigenvalue weighted by molar-refractivity contribution is 5.92. The summed E-state index contributed by atoms with van der Waals surface area (Å²) in [5.41, 5.74) is 5.69. The summed E-state index contributed by atoms with van der Waals surface area (Å²) in [5.74, 6) is 0.814. The van der Waals surface area contributed by atoms with E-state index in [1.165, 1.54) is 30.7 Å². The molecule has 0 aliphatic heterocycles. The SMILES string of the molecule is Nc1cncc(Oc2ccc([N+](=O)[O-])c3ncccc23)n1. The minimum absolute atomic E-state index is 0.0865. The average Bonchev–Trinajstić information content (AvgIpc) is 2.47. The molecule has 104 valence electrons. The predicted molar refractivity (Wildman–Crippen MR) is 74.9 cm³/mol. The summed E-state index contributed by atoms with van der Waals surface area (Å²) in [6.45, 7) is 0. The molecule has 0 saturated carbocycles. The first-order valence-corrected chi connectivity index (χ1v) is 5.92. The molecule has 0 aliphatic carbocycles. The second kappa shape index (κ2) is 5.00. The van der Waals surface area contributed by atoms with Gasteiger partial charge in [0.2, 0.25) is 5.88 Å². The summed E-state index contributed by atoms with van der Waals surface area (Å²) in [6, 6.07) is 6.19. The van der Waals surface area contributed by atoms with Crippen molar-refractivity contribution in [3.8, 4) is 11.6 Å². The van der Waals surface area contributed by atoms with Crippen LogP contribution in [0.5, 0.6) is 11.6 Å². The summed E-state index contributed by atoms with van der Waals surface area (Å²) < 4.78 is 5.59. The minimum atomic E-state index is -0.487. The number of pyridine rings is 1. The average molecular weight is 283 g/mol. The highest BCUT2D eigenvalue weighted by Crippen LogP contribution is 2.33. The van der Waals surface area contributed by atoms with Crippen LogP contribution in [0.4, 0.5) is 11.5 Å². The van der Waals surface area contributed by atoms with E-state index in [2.05, 4.69) is 15.0 Å². The van der Waals surface area contributed by atoms with Gasteiger partial charge in [0.25, 0.3) is 5.69 Å². The molecule has 0 saturated heterocycles. The van der Waals surface area contributed by atoms with E-state index >= 15 is 0 Å². The Balaban J connectivity index is 2.12. The third-order valence-electron chi connectivity index (χ3n) is 2.75. The molecule has 8 nitrogen and oxygen atoms in total. The highest BCUT2D eigenvalue weighted by Gasteiger charge is 2.16. The Bertz CT molecular complexity index is 837. The fraction of sp³-hybridized carbons (Fsp3) is 0. The van der Waals surface area contributed by atoms with Gasteiger partial charge in [0, 0.05) is 12.3 Å². The van der Waals surface area contributed by atoms with E-state index in [1.54, 1.807) is 12.1 Å². The van der Waals surface area contributed by atoms with Gasteiger partial charge >= 0.3 is 0 Å². The van der Waals surface area contributed by atoms with E-state index < -0.39 is 4.92 Å². The van der Waals surface area contributed by atoms with Crippen molar-refractivity contribution >= 4 is 22.4 Å². The molecule has 0 amide bonds. The van der Waals surface area contributed by atoms with E-state index in [9.17, 15) is 10.1 Å². The lowest BCUT2D eigenvalue weighted by molar-refractivity contribution is -0.383. The molecule has 0 fully saturated rings. The van der Waals surface area contributed by atoms with Crippen LogP contribution in [-0.4, -0.2) is 19.9 Å². The Hall–Kier alpha value is -3.29. The first-order valence-electron chi connectivity index (χ1n) is 5.92. The number of nitro benzene ring substituents is 1. The number of fused-ring (bicyclic) bond motifs is 1. The van der Waals surface area contributed by atoms with Gasteiger partial charge < -0.3 is 10.5 Å². The normalized spacial score (nSPS) is 10.5. The van der Waals surface area contributed by atoms with Crippen molar-refractivity contribution in [3.63, 3.8) is 0 Å². The quantitative estimate of drug-likeness (QED) is 0.578. The van der Waals surface area contributed by atoms with E-state index in [-0.39, 0.29) is 22.9 Å². The van der Waals surface area contributed by atoms with Crippen molar-refractivity contribution in [2.45, 2.75) is 0 Å². The zero-order valence-electron chi connectivity index (χ0n) is 10.6. The third-order valence-corrected chi connectivity index (χ3v) is 2.75. The lowest BCUT2D eigenvalue weighted by atomic mass is 10.2. The molecule has 0 aliphatic rings. The second-order valence-corrected chi connectivity index (χ2v) is 4.12. The number of benzene rings is 1. The molecule has 8 heteroatoms. The zero-order valence-corrected chi connectivity index (χ0v) is 10.6. The molecule has 1 aromatic carbocycles. The highest BCUT2D eigenvalue weighted by atomic mass is 16.6. The van der Waals surface area contributed by atoms with Gasteiger partial charge in [-0.25, -0.2) is 4.98 Å². The van der Waals surface area contributed by atoms with Crippen molar-refractivity contribution in [3.05, 3.63) is 53.0 Å². The maximum Gasteiger partial charge on any atom is 0.295 e. The van der Waals surface area contributed by atoms with Crippen molar-refractivity contribution in [1.29, 1.82) is 0 Å². The van der Waals surface area contributed by atoms with Gasteiger partial charge in [-0.15, -0.1) is 0 Å². The molecule has 21 heavy (non-hydrogen) atoms. The zero-order chi connectivity index (χ0) is 14.8. The lowest BCUT2D eigenvalue weighted by Gasteiger charge is -2.07. The van der Waals surface area contributed by atoms with Gasteiger partial charge in [-0.05, 0) is 18.2 Å². The molecule has 0 bridgehead atoms. The fourth-order valence-corrected chi connectivity index (χ4v) is 1.89. The summed E-state index contributed by atoms with van der Waals surface area (Å²) in [6.07, 6.45) is 4.28. The van der Waals surface area contributed by atoms with Crippen molar-refractivity contribution < 1.29 is 9.66 Å². The summed E-state index contributed by atoms with van der Waals surface area (Å²) in [5, 5.41) is 11.5. The Morgan fingerprint density at radius 2 is 2.10 bits per heavy atom. The topological polar surface area (TPSA) is 117 Å². The molecule has 3 rings (SSSR count). The van der Waals surface area contributed by atoms with Crippen LogP contribution in [0.1, 0.15) is 0 Å². The second-order valence-electron chi connectivity index (χ2n) is 4.12. The number of nitrogen functional groups attached to an aromatic ring is 1. The van der Waals surface area contributed by atoms with Crippen LogP contribution in [0.2, 0.25) is 0 Å². The van der Waals surface area contributed by atoms with Gasteiger partial charge in [-0.2, -0.15) is 4.98 Å². The number of ether oxygens (including phenoxy) is 1. The molecule has 0 radical (unpaired) electrons. The van der Waals surface area contributed by atoms with E-state index in [4.69, 9.17) is 10.5 Å². The maximum atomic E-state index is 11.0. The number of hydrogen-bond acceptors (Lipinski definition) is 7. The number of nitrogens with two attached hydrogens (primary N) is 1. The first-order chi connectivity index (χ1) is 10.1. The molecule has 3 aromatic rings. The molecular weight excluding hydrogens is 274 g/mol. The van der Waals surface area contributed by atoms with Crippen LogP contribution in [-0.2, 0) is 0 Å². The van der Waals surface area contributed by atoms with E-state index in [1.807, 2.05) is 0 Å². The largest absolute Gasteiger partial charge is 0.437 e. The van der Waals surface area contributed by atoms with Crippen LogP contribution in [0.15, 0.2) is 42.9 Å². The van der Waals surface area contributed by atoms with Crippen molar-refractivity contribution in [2.24, 2.45) is 0 Å². The van der Waals surface area contributed by atoms with Crippen LogP contribution in [0.25, 0.3) is 10.9 Å². The van der Waals surface area contributed by atoms with E-state index in [0.29, 0.717) is 11.1 Å². The van der Waals surface area contributed by atoms with Gasteiger partial charge in [-0.1, -0.05) is 0 Å². The summed E-state index contributed by atoms with van der Waals surface area (Å²) in [4.78, 5) is 22.4. The number of non-ortho nitro benzene ring substituents is 1. The number of aromatic nitrogens is 3. The number of nitrogens with zero attached hydrogens (tertiary/aromatic N) is 4. The molecule has 0 atom stereocenters. The number of hydrogen-bond donors (Lipinski definition) is 1. The van der Waals surface area contributed by atoms with Crippen LogP contribution in [0.3, 0.4) is 0 Å². The van der Waals surface area contributed by atoms with Crippen LogP contribution in [0, 0.1) is 10.1 Å². The number of rotatable bonds is 3. The molecular formula is C13H9N5O3. The smallest absolute Gasteiger partial charge is 0.295 e. The minimum Gasteiger partial charge on any atom is -0.437 e. The van der Waals surface area contributed by atoms with Crippen molar-refractivity contribution in [2.75, 3.05) is 5.73 Å². The molecule has 2 aromatic heterocycles. The van der Waals surface area contributed by atoms with Gasteiger partial charge in [-0.3, -0.25) is 15.1 Å². The monoisotopic (exact) mass is 283 g/mol. The van der Waals surface area contributed by atoms with Gasteiger partial charge in [0.05, 0.1) is 22.7 Å². The van der Waals surface area contributed by atoms with Crippen LogP contribution < -0.4 is 10.5 Å². The summed E-state index contributed by atoms with van der Waals surface area (Å²) in [7, 11) is 0. The Morgan fingerprint density at radius 1 is 1.24 bits per heavy atom. The predicted octanol–water partition coefficient (Wildman–Crippen LogP) is 2.31. The Labute approximate surface area is 118 Å². The van der Waals surface area contributed by atoms with Gasteiger partial charge in [0.1, 0.15) is 11.6 Å². The van der Waals surface area contributed by atoms with Crippen molar-refractivity contribution in [1.82, 2.24) is 15.0 Å².